The van der Waals surface area contributed by atoms with Crippen LogP contribution in [0.5, 0.6) is 5.75 Å². The van der Waals surface area contributed by atoms with Gasteiger partial charge in [0.05, 0.1) is 6.61 Å². The summed E-state index contributed by atoms with van der Waals surface area (Å²) in [5.74, 6) is 0.478. The normalized spacial score (nSPS) is 11.4. The van der Waals surface area contributed by atoms with Crippen molar-refractivity contribution in [3.05, 3.63) is 120 Å². The first-order valence-electron chi connectivity index (χ1n) is 11.1. The highest BCUT2D eigenvalue weighted by atomic mass is 16.5. The third-order valence-electron chi connectivity index (χ3n) is 5.23. The van der Waals surface area contributed by atoms with Gasteiger partial charge >= 0.3 is 5.97 Å². The third kappa shape index (κ3) is 6.01. The maximum Gasteiger partial charge on any atom is 0.330 e. The summed E-state index contributed by atoms with van der Waals surface area (Å²) >= 11 is 0. The van der Waals surface area contributed by atoms with Gasteiger partial charge in [-0.15, -0.1) is 0 Å². The number of hydrogen-bond donors (Lipinski definition) is 0. The SMILES string of the molecule is CCOC(=O)C=CC=Cc1cn(Cc2ccccc2)c2ccc(OCc3ccccc3)cc12. The van der Waals surface area contributed by atoms with Gasteiger partial charge in [-0.25, -0.2) is 4.79 Å². The summed E-state index contributed by atoms with van der Waals surface area (Å²) in [6, 6.07) is 26.7. The van der Waals surface area contributed by atoms with E-state index in [0.717, 1.165) is 34.3 Å². The predicted octanol–water partition coefficient (Wildman–Crippen LogP) is 6.40. The van der Waals surface area contributed by atoms with Crippen LogP contribution in [0.15, 0.2) is 103 Å². The Hall–Kier alpha value is -4.05. The van der Waals surface area contributed by atoms with E-state index in [2.05, 4.69) is 59.3 Å². The smallest absolute Gasteiger partial charge is 0.330 e. The Morgan fingerprint density at radius 1 is 0.909 bits per heavy atom. The van der Waals surface area contributed by atoms with Crippen LogP contribution in [-0.4, -0.2) is 17.1 Å². The van der Waals surface area contributed by atoms with Crippen molar-refractivity contribution < 1.29 is 14.3 Å². The highest BCUT2D eigenvalue weighted by Gasteiger charge is 2.09. The van der Waals surface area contributed by atoms with Crippen LogP contribution in [0.3, 0.4) is 0 Å². The second-order valence-corrected chi connectivity index (χ2v) is 7.62. The van der Waals surface area contributed by atoms with Crippen molar-refractivity contribution in [2.24, 2.45) is 0 Å². The molecule has 33 heavy (non-hydrogen) atoms. The second kappa shape index (κ2) is 11.0. The average Bonchev–Trinajstić information content (AvgIpc) is 3.18. The van der Waals surface area contributed by atoms with Crippen molar-refractivity contribution in [2.45, 2.75) is 20.1 Å². The molecule has 0 saturated carbocycles. The zero-order chi connectivity index (χ0) is 22.9. The van der Waals surface area contributed by atoms with Gasteiger partial charge in [-0.2, -0.15) is 0 Å². The highest BCUT2D eigenvalue weighted by molar-refractivity contribution is 5.91. The molecule has 1 heterocycles. The number of nitrogens with zero attached hydrogens (tertiary/aromatic N) is 1. The van der Waals surface area contributed by atoms with Gasteiger partial charge in [-0.1, -0.05) is 78.9 Å². The van der Waals surface area contributed by atoms with Gasteiger partial charge in [-0.05, 0) is 36.2 Å². The maximum atomic E-state index is 11.5. The van der Waals surface area contributed by atoms with Crippen LogP contribution >= 0.6 is 0 Å². The fraction of sp³-hybridized carbons (Fsp3) is 0.138. The molecule has 0 saturated heterocycles. The van der Waals surface area contributed by atoms with Gasteiger partial charge in [-0.3, -0.25) is 0 Å². The lowest BCUT2D eigenvalue weighted by Crippen LogP contribution is -1.98. The van der Waals surface area contributed by atoms with Gasteiger partial charge in [0.15, 0.2) is 0 Å². The summed E-state index contributed by atoms with van der Waals surface area (Å²) in [6.07, 6.45) is 9.12. The lowest BCUT2D eigenvalue weighted by Gasteiger charge is -2.08. The first-order valence-corrected chi connectivity index (χ1v) is 11.1. The van der Waals surface area contributed by atoms with Gasteiger partial charge in [0.2, 0.25) is 0 Å². The Balaban J connectivity index is 1.61. The van der Waals surface area contributed by atoms with Gasteiger partial charge in [0.25, 0.3) is 0 Å². The molecule has 0 bridgehead atoms. The van der Waals surface area contributed by atoms with Crippen LogP contribution in [-0.2, 0) is 22.7 Å². The molecule has 0 aliphatic carbocycles. The summed E-state index contributed by atoms with van der Waals surface area (Å²) in [7, 11) is 0. The molecule has 0 aliphatic rings. The summed E-state index contributed by atoms with van der Waals surface area (Å²) < 4.78 is 13.2. The van der Waals surface area contributed by atoms with E-state index in [4.69, 9.17) is 9.47 Å². The number of aromatic nitrogens is 1. The van der Waals surface area contributed by atoms with E-state index in [1.807, 2.05) is 42.5 Å². The number of carbonyl (C=O) groups is 1. The maximum absolute atomic E-state index is 11.5. The van der Waals surface area contributed by atoms with E-state index in [1.54, 1.807) is 13.0 Å². The number of ether oxygens (including phenoxy) is 2. The van der Waals surface area contributed by atoms with Crippen LogP contribution < -0.4 is 4.74 Å². The Morgan fingerprint density at radius 3 is 2.36 bits per heavy atom. The zero-order valence-electron chi connectivity index (χ0n) is 18.7. The van der Waals surface area contributed by atoms with Gasteiger partial charge < -0.3 is 14.0 Å². The second-order valence-electron chi connectivity index (χ2n) is 7.62. The molecule has 0 radical (unpaired) electrons. The minimum absolute atomic E-state index is 0.342. The molecule has 0 spiro atoms. The standard InChI is InChI=1S/C29H27NO3/c1-2-32-29(31)16-10-9-15-25-21-30(20-23-11-5-3-6-12-23)28-18-17-26(19-27(25)28)33-22-24-13-7-4-8-14-24/h3-19,21H,2,20,22H2,1H3. The molecule has 0 fully saturated rings. The van der Waals surface area contributed by atoms with E-state index in [9.17, 15) is 4.79 Å². The Kier molecular flexibility index (Phi) is 7.39. The first-order chi connectivity index (χ1) is 16.2. The number of carbonyl (C=O) groups excluding carboxylic acids is 1. The molecule has 1 aromatic heterocycles. The van der Waals surface area contributed by atoms with Crippen molar-refractivity contribution in [3.63, 3.8) is 0 Å². The van der Waals surface area contributed by atoms with E-state index < -0.39 is 0 Å². The summed E-state index contributed by atoms with van der Waals surface area (Å²) in [6.45, 7) is 3.45. The number of allylic oxidation sites excluding steroid dienone is 2. The molecule has 4 rings (SSSR count). The van der Waals surface area contributed by atoms with Crippen LogP contribution in [0, 0.1) is 0 Å². The third-order valence-corrected chi connectivity index (χ3v) is 5.23. The highest BCUT2D eigenvalue weighted by Crippen LogP contribution is 2.28. The molecule has 166 valence electrons. The number of rotatable bonds is 9. The number of hydrogen-bond acceptors (Lipinski definition) is 3. The monoisotopic (exact) mass is 437 g/mol. The molecular formula is C29H27NO3. The summed E-state index contributed by atoms with van der Waals surface area (Å²) in [5.41, 5.74) is 4.54. The minimum Gasteiger partial charge on any atom is -0.489 e. The lowest BCUT2D eigenvalue weighted by atomic mass is 10.1. The van der Waals surface area contributed by atoms with Crippen LogP contribution in [0.1, 0.15) is 23.6 Å². The summed E-state index contributed by atoms with van der Waals surface area (Å²) in [5, 5.41) is 1.09. The number of esters is 1. The molecule has 3 aromatic carbocycles. The van der Waals surface area contributed by atoms with E-state index in [-0.39, 0.29) is 5.97 Å². The predicted molar refractivity (Wildman–Crippen MR) is 133 cm³/mol. The Morgan fingerprint density at radius 2 is 1.64 bits per heavy atom. The first kappa shape index (κ1) is 22.2. The fourth-order valence-electron chi connectivity index (χ4n) is 3.66. The molecule has 0 unspecified atom stereocenters. The van der Waals surface area contributed by atoms with Crippen molar-refractivity contribution in [2.75, 3.05) is 6.61 Å². The lowest BCUT2D eigenvalue weighted by molar-refractivity contribution is -0.137. The van der Waals surface area contributed by atoms with Crippen molar-refractivity contribution in [3.8, 4) is 5.75 Å². The number of fused-ring (bicyclic) bond motifs is 1. The minimum atomic E-state index is -0.342. The molecule has 4 aromatic rings. The van der Waals surface area contributed by atoms with Crippen molar-refractivity contribution >= 4 is 22.9 Å². The molecule has 0 N–H and O–H groups in total. The topological polar surface area (TPSA) is 40.5 Å². The molecular weight excluding hydrogens is 410 g/mol. The zero-order valence-corrected chi connectivity index (χ0v) is 18.7. The van der Waals surface area contributed by atoms with Crippen molar-refractivity contribution in [1.82, 2.24) is 4.57 Å². The fourth-order valence-corrected chi connectivity index (χ4v) is 3.66. The Labute approximate surface area is 194 Å². The summed E-state index contributed by atoms with van der Waals surface area (Å²) in [4.78, 5) is 11.5. The molecule has 0 atom stereocenters. The Bertz CT molecular complexity index is 1250. The average molecular weight is 438 g/mol. The quantitative estimate of drug-likeness (QED) is 0.173. The molecule has 0 amide bonds. The number of benzene rings is 3. The van der Waals surface area contributed by atoms with Gasteiger partial charge in [0, 0.05) is 35.3 Å². The molecule has 4 nitrogen and oxygen atoms in total. The van der Waals surface area contributed by atoms with E-state index in [0.29, 0.717) is 13.2 Å². The van der Waals surface area contributed by atoms with Crippen molar-refractivity contribution in [1.29, 1.82) is 0 Å². The largest absolute Gasteiger partial charge is 0.489 e. The molecule has 4 heteroatoms. The van der Waals surface area contributed by atoms with Crippen LogP contribution in [0.4, 0.5) is 0 Å². The van der Waals surface area contributed by atoms with E-state index >= 15 is 0 Å². The van der Waals surface area contributed by atoms with E-state index in [1.165, 1.54) is 11.6 Å². The van der Waals surface area contributed by atoms with Crippen LogP contribution in [0.2, 0.25) is 0 Å². The van der Waals surface area contributed by atoms with Crippen LogP contribution in [0.25, 0.3) is 17.0 Å². The van der Waals surface area contributed by atoms with Gasteiger partial charge in [0.1, 0.15) is 12.4 Å². The molecule has 0 aliphatic heterocycles.